The van der Waals surface area contributed by atoms with E-state index in [-0.39, 0.29) is 10.7 Å². The molecule has 0 radical (unpaired) electrons. The predicted octanol–water partition coefficient (Wildman–Crippen LogP) is 3.44. The number of sulfonamides is 1. The van der Waals surface area contributed by atoms with E-state index in [9.17, 15) is 8.42 Å². The van der Waals surface area contributed by atoms with Crippen molar-refractivity contribution in [1.29, 1.82) is 0 Å². The van der Waals surface area contributed by atoms with Gasteiger partial charge in [-0.3, -0.25) is 4.72 Å². The fourth-order valence-electron chi connectivity index (χ4n) is 2.30. The van der Waals surface area contributed by atoms with Gasteiger partial charge in [0.25, 0.3) is 10.0 Å². The van der Waals surface area contributed by atoms with Crippen LogP contribution in [0.4, 0.5) is 11.5 Å². The molecule has 0 saturated heterocycles. The Bertz CT molecular complexity index is 950. The molecule has 0 unspecified atom stereocenters. The van der Waals surface area contributed by atoms with E-state index in [4.69, 9.17) is 5.73 Å². The first kappa shape index (κ1) is 16.0. The minimum Gasteiger partial charge on any atom is -0.398 e. The number of benzene rings is 2. The molecule has 5 nitrogen and oxygen atoms in total. The first-order chi connectivity index (χ1) is 11.5. The van der Waals surface area contributed by atoms with Crippen LogP contribution in [0.1, 0.15) is 5.56 Å². The molecule has 0 bridgehead atoms. The lowest BCUT2D eigenvalue weighted by Gasteiger charge is -2.09. The van der Waals surface area contributed by atoms with Crippen molar-refractivity contribution in [2.24, 2.45) is 0 Å². The molecule has 0 amide bonds. The Kier molecular flexibility index (Phi) is 4.22. The Hall–Kier alpha value is -2.86. The van der Waals surface area contributed by atoms with E-state index in [0.717, 1.165) is 16.7 Å². The van der Waals surface area contributed by atoms with Gasteiger partial charge in [-0.2, -0.15) is 0 Å². The van der Waals surface area contributed by atoms with Crippen molar-refractivity contribution in [3.8, 4) is 11.1 Å². The molecular weight excluding hydrogens is 322 g/mol. The van der Waals surface area contributed by atoms with Crippen LogP contribution in [-0.2, 0) is 10.0 Å². The molecule has 6 heteroatoms. The second-order valence-corrected chi connectivity index (χ2v) is 7.12. The van der Waals surface area contributed by atoms with Gasteiger partial charge in [0.1, 0.15) is 5.82 Å². The molecular formula is C18H17N3O2S. The highest BCUT2D eigenvalue weighted by Crippen LogP contribution is 2.26. The molecule has 0 fully saturated rings. The average molecular weight is 339 g/mol. The molecule has 2 aromatic carbocycles. The highest BCUT2D eigenvalue weighted by atomic mass is 32.2. The lowest BCUT2D eigenvalue weighted by molar-refractivity contribution is 0.601. The number of nitrogens with one attached hydrogen (secondary N) is 1. The van der Waals surface area contributed by atoms with Crippen LogP contribution in [0, 0.1) is 6.92 Å². The van der Waals surface area contributed by atoms with E-state index in [1.807, 2.05) is 31.2 Å². The molecule has 3 N–H and O–H groups in total. The normalized spacial score (nSPS) is 11.2. The summed E-state index contributed by atoms with van der Waals surface area (Å²) in [6.07, 6.45) is 1.61. The third-order valence-corrected chi connectivity index (χ3v) is 4.96. The van der Waals surface area contributed by atoms with E-state index < -0.39 is 10.0 Å². The summed E-state index contributed by atoms with van der Waals surface area (Å²) in [6.45, 7) is 1.89. The Morgan fingerprint density at radius 3 is 2.29 bits per heavy atom. The smallest absolute Gasteiger partial charge is 0.263 e. The van der Waals surface area contributed by atoms with Gasteiger partial charge in [0.15, 0.2) is 0 Å². The monoisotopic (exact) mass is 339 g/mol. The van der Waals surface area contributed by atoms with Crippen molar-refractivity contribution in [2.45, 2.75) is 11.8 Å². The van der Waals surface area contributed by atoms with Crippen LogP contribution in [0.25, 0.3) is 11.1 Å². The number of hydrogen-bond donors (Lipinski definition) is 2. The van der Waals surface area contributed by atoms with Gasteiger partial charge in [-0.05, 0) is 42.3 Å². The Morgan fingerprint density at radius 2 is 1.67 bits per heavy atom. The van der Waals surface area contributed by atoms with Crippen molar-refractivity contribution in [3.05, 3.63) is 72.4 Å². The van der Waals surface area contributed by atoms with Gasteiger partial charge < -0.3 is 5.73 Å². The van der Waals surface area contributed by atoms with Crippen LogP contribution >= 0.6 is 0 Å². The number of nitrogens with two attached hydrogens (primary N) is 1. The SMILES string of the molecule is Cc1ccc(NS(=O)(=O)c2ccc(-c3ccccc3N)cc2)nc1. The third-order valence-electron chi connectivity index (χ3n) is 3.59. The molecule has 24 heavy (non-hydrogen) atoms. The van der Waals surface area contributed by atoms with Crippen LogP contribution in [0.5, 0.6) is 0 Å². The topological polar surface area (TPSA) is 85.1 Å². The molecule has 0 spiro atoms. The van der Waals surface area contributed by atoms with Gasteiger partial charge in [0.05, 0.1) is 4.90 Å². The fraction of sp³-hybridized carbons (Fsp3) is 0.0556. The summed E-state index contributed by atoms with van der Waals surface area (Å²) >= 11 is 0. The lowest BCUT2D eigenvalue weighted by atomic mass is 10.0. The molecule has 3 rings (SSSR count). The number of nitrogen functional groups attached to an aromatic ring is 1. The van der Waals surface area contributed by atoms with Gasteiger partial charge in [-0.1, -0.05) is 36.4 Å². The van der Waals surface area contributed by atoms with Crippen LogP contribution in [0.2, 0.25) is 0 Å². The largest absolute Gasteiger partial charge is 0.398 e. The summed E-state index contributed by atoms with van der Waals surface area (Å²) in [6, 6.07) is 17.5. The number of anilines is 2. The molecule has 0 aliphatic rings. The van der Waals surface area contributed by atoms with Gasteiger partial charge in [0.2, 0.25) is 0 Å². The minimum absolute atomic E-state index is 0.170. The zero-order chi connectivity index (χ0) is 17.2. The maximum absolute atomic E-state index is 12.4. The van der Waals surface area contributed by atoms with E-state index in [2.05, 4.69) is 9.71 Å². The quantitative estimate of drug-likeness (QED) is 0.713. The molecule has 1 aromatic heterocycles. The first-order valence-electron chi connectivity index (χ1n) is 7.36. The molecule has 0 atom stereocenters. The van der Waals surface area contributed by atoms with E-state index in [1.165, 1.54) is 0 Å². The second kappa shape index (κ2) is 6.33. The lowest BCUT2D eigenvalue weighted by Crippen LogP contribution is -2.13. The zero-order valence-corrected chi connectivity index (χ0v) is 13.9. The van der Waals surface area contributed by atoms with Gasteiger partial charge in [-0.25, -0.2) is 13.4 Å². The number of nitrogens with zero attached hydrogens (tertiary/aromatic N) is 1. The minimum atomic E-state index is -3.68. The molecule has 122 valence electrons. The molecule has 0 aliphatic carbocycles. The van der Waals surface area contributed by atoms with E-state index in [0.29, 0.717) is 5.69 Å². The average Bonchev–Trinajstić information content (AvgIpc) is 2.57. The van der Waals surface area contributed by atoms with Crippen LogP contribution in [-0.4, -0.2) is 13.4 Å². The third kappa shape index (κ3) is 3.38. The van der Waals surface area contributed by atoms with E-state index >= 15 is 0 Å². The first-order valence-corrected chi connectivity index (χ1v) is 8.84. The summed E-state index contributed by atoms with van der Waals surface area (Å²) < 4.78 is 27.3. The van der Waals surface area contributed by atoms with Gasteiger partial charge in [-0.15, -0.1) is 0 Å². The second-order valence-electron chi connectivity index (χ2n) is 5.44. The summed E-state index contributed by atoms with van der Waals surface area (Å²) in [4.78, 5) is 4.23. The molecule has 0 aliphatic heterocycles. The van der Waals surface area contributed by atoms with E-state index in [1.54, 1.807) is 42.6 Å². The summed E-state index contributed by atoms with van der Waals surface area (Å²) in [5.74, 6) is 0.289. The fourth-order valence-corrected chi connectivity index (χ4v) is 3.31. The number of aryl methyl sites for hydroxylation is 1. The number of para-hydroxylation sites is 1. The number of rotatable bonds is 4. The van der Waals surface area contributed by atoms with Crippen molar-refractivity contribution in [3.63, 3.8) is 0 Å². The molecule has 0 saturated carbocycles. The van der Waals surface area contributed by atoms with Crippen LogP contribution in [0.15, 0.2) is 71.8 Å². The summed E-state index contributed by atoms with van der Waals surface area (Å²) in [7, 11) is -3.68. The highest BCUT2D eigenvalue weighted by molar-refractivity contribution is 7.92. The maximum Gasteiger partial charge on any atom is 0.263 e. The zero-order valence-electron chi connectivity index (χ0n) is 13.1. The Balaban J connectivity index is 1.87. The predicted molar refractivity (Wildman–Crippen MR) is 96.1 cm³/mol. The highest BCUT2D eigenvalue weighted by Gasteiger charge is 2.15. The van der Waals surface area contributed by atoms with Crippen molar-refractivity contribution in [2.75, 3.05) is 10.5 Å². The maximum atomic E-state index is 12.4. The van der Waals surface area contributed by atoms with Crippen molar-refractivity contribution >= 4 is 21.5 Å². The van der Waals surface area contributed by atoms with Crippen molar-refractivity contribution < 1.29 is 8.42 Å². The number of aromatic nitrogens is 1. The summed E-state index contributed by atoms with van der Waals surface area (Å²) in [5, 5.41) is 0. The number of pyridine rings is 1. The van der Waals surface area contributed by atoms with Gasteiger partial charge >= 0.3 is 0 Å². The Labute approximate surface area is 141 Å². The number of hydrogen-bond acceptors (Lipinski definition) is 4. The Morgan fingerprint density at radius 1 is 0.958 bits per heavy atom. The van der Waals surface area contributed by atoms with Crippen LogP contribution < -0.4 is 10.5 Å². The van der Waals surface area contributed by atoms with Crippen LogP contribution in [0.3, 0.4) is 0 Å². The van der Waals surface area contributed by atoms with Crippen molar-refractivity contribution in [1.82, 2.24) is 4.98 Å². The standard InChI is InChI=1S/C18H17N3O2S/c1-13-6-11-18(20-12-13)21-24(22,23)15-9-7-14(8-10-15)16-4-2-3-5-17(16)19/h2-12H,19H2,1H3,(H,20,21). The molecule has 3 aromatic rings. The van der Waals surface area contributed by atoms with Gasteiger partial charge in [0, 0.05) is 17.4 Å². The summed E-state index contributed by atoms with van der Waals surface area (Å²) in [5.41, 5.74) is 9.29. The molecule has 1 heterocycles.